The van der Waals surface area contributed by atoms with Crippen molar-refractivity contribution < 1.29 is 24.5 Å². The molecule has 3 rings (SSSR count). The van der Waals surface area contributed by atoms with E-state index < -0.39 is 6.10 Å². The Morgan fingerprint density at radius 1 is 0.900 bits per heavy atom. The third kappa shape index (κ3) is 4.84. The SMILES string of the molecule is CC(Oc1ccccc1C(C)C)C(=O)N1CCN(C(=O)c2cc(O)cc(O)c2)CC1. The van der Waals surface area contributed by atoms with Gasteiger partial charge in [-0.05, 0) is 36.6 Å². The normalized spacial score (nSPS) is 15.2. The van der Waals surface area contributed by atoms with E-state index in [1.165, 1.54) is 18.2 Å². The molecular weight excluding hydrogens is 384 g/mol. The number of hydrogen-bond acceptors (Lipinski definition) is 5. The van der Waals surface area contributed by atoms with Crippen LogP contribution in [-0.4, -0.2) is 64.1 Å². The molecule has 1 aliphatic rings. The number of piperazine rings is 1. The molecule has 2 N–H and O–H groups in total. The molecule has 1 atom stereocenters. The number of carbonyl (C=O) groups is 2. The number of aromatic hydroxyl groups is 2. The molecule has 0 spiro atoms. The molecule has 0 saturated carbocycles. The van der Waals surface area contributed by atoms with E-state index in [2.05, 4.69) is 13.8 Å². The summed E-state index contributed by atoms with van der Waals surface area (Å²) in [7, 11) is 0. The van der Waals surface area contributed by atoms with Crippen molar-refractivity contribution in [2.45, 2.75) is 32.8 Å². The first-order valence-corrected chi connectivity index (χ1v) is 10.1. The van der Waals surface area contributed by atoms with Gasteiger partial charge in [-0.3, -0.25) is 9.59 Å². The van der Waals surface area contributed by atoms with Gasteiger partial charge in [0.2, 0.25) is 0 Å². The highest BCUT2D eigenvalue weighted by molar-refractivity contribution is 5.95. The summed E-state index contributed by atoms with van der Waals surface area (Å²) in [5.41, 5.74) is 1.27. The Hall–Kier alpha value is -3.22. The lowest BCUT2D eigenvalue weighted by molar-refractivity contribution is -0.139. The smallest absolute Gasteiger partial charge is 0.263 e. The topological polar surface area (TPSA) is 90.3 Å². The fourth-order valence-corrected chi connectivity index (χ4v) is 3.59. The summed E-state index contributed by atoms with van der Waals surface area (Å²) in [5.74, 6) is 0.263. The molecule has 0 aromatic heterocycles. The van der Waals surface area contributed by atoms with Gasteiger partial charge in [0.15, 0.2) is 6.10 Å². The Kier molecular flexibility index (Phi) is 6.50. The van der Waals surface area contributed by atoms with Crippen molar-refractivity contribution >= 4 is 11.8 Å². The molecule has 2 aromatic rings. The molecule has 7 nitrogen and oxygen atoms in total. The molecular formula is C23H28N2O5. The van der Waals surface area contributed by atoms with E-state index in [4.69, 9.17) is 4.74 Å². The average Bonchev–Trinajstić information content (AvgIpc) is 2.72. The molecule has 1 saturated heterocycles. The zero-order valence-corrected chi connectivity index (χ0v) is 17.5. The number of para-hydroxylation sites is 1. The van der Waals surface area contributed by atoms with Crippen LogP contribution in [0.1, 0.15) is 42.6 Å². The number of benzene rings is 2. The van der Waals surface area contributed by atoms with Crippen LogP contribution in [0.2, 0.25) is 0 Å². The molecule has 7 heteroatoms. The van der Waals surface area contributed by atoms with Crippen LogP contribution in [0.3, 0.4) is 0 Å². The van der Waals surface area contributed by atoms with E-state index in [1.807, 2.05) is 24.3 Å². The van der Waals surface area contributed by atoms with Crippen LogP contribution >= 0.6 is 0 Å². The Bertz CT molecular complexity index is 899. The second kappa shape index (κ2) is 9.07. The summed E-state index contributed by atoms with van der Waals surface area (Å²) >= 11 is 0. The number of rotatable bonds is 5. The average molecular weight is 412 g/mol. The number of phenolic OH excluding ortho intramolecular Hbond substituents is 2. The Morgan fingerprint density at radius 2 is 1.47 bits per heavy atom. The van der Waals surface area contributed by atoms with Gasteiger partial charge < -0.3 is 24.7 Å². The van der Waals surface area contributed by atoms with Gasteiger partial charge >= 0.3 is 0 Å². The highest BCUT2D eigenvalue weighted by Gasteiger charge is 2.29. The van der Waals surface area contributed by atoms with Crippen LogP contribution in [0.5, 0.6) is 17.2 Å². The monoisotopic (exact) mass is 412 g/mol. The zero-order chi connectivity index (χ0) is 21.8. The van der Waals surface area contributed by atoms with Gasteiger partial charge in [-0.2, -0.15) is 0 Å². The predicted molar refractivity (Wildman–Crippen MR) is 113 cm³/mol. The lowest BCUT2D eigenvalue weighted by Gasteiger charge is -2.36. The van der Waals surface area contributed by atoms with E-state index in [0.717, 1.165) is 5.56 Å². The molecule has 0 bridgehead atoms. The minimum absolute atomic E-state index is 0.115. The number of nitrogens with zero attached hydrogens (tertiary/aromatic N) is 2. The van der Waals surface area contributed by atoms with E-state index in [0.29, 0.717) is 31.9 Å². The summed E-state index contributed by atoms with van der Waals surface area (Å²) < 4.78 is 5.96. The number of amides is 2. The number of carbonyl (C=O) groups excluding carboxylic acids is 2. The van der Waals surface area contributed by atoms with Crippen LogP contribution < -0.4 is 4.74 Å². The summed E-state index contributed by atoms with van der Waals surface area (Å²) in [6, 6.07) is 11.5. The summed E-state index contributed by atoms with van der Waals surface area (Å²) in [5, 5.41) is 19.2. The second-order valence-corrected chi connectivity index (χ2v) is 7.81. The van der Waals surface area contributed by atoms with Crippen LogP contribution in [0.4, 0.5) is 0 Å². The molecule has 1 fully saturated rings. The van der Waals surface area contributed by atoms with Crippen molar-refractivity contribution in [3.8, 4) is 17.2 Å². The highest BCUT2D eigenvalue weighted by atomic mass is 16.5. The summed E-state index contributed by atoms with van der Waals surface area (Å²) in [4.78, 5) is 28.8. The van der Waals surface area contributed by atoms with Crippen molar-refractivity contribution in [3.63, 3.8) is 0 Å². The Balaban J connectivity index is 1.59. The third-order valence-electron chi connectivity index (χ3n) is 5.22. The number of phenols is 2. The second-order valence-electron chi connectivity index (χ2n) is 7.81. The fraction of sp³-hybridized carbons (Fsp3) is 0.391. The standard InChI is InChI=1S/C23H28N2O5/c1-15(2)20-6-4-5-7-21(20)30-16(3)22(28)24-8-10-25(11-9-24)23(29)17-12-18(26)14-19(27)13-17/h4-7,12-16,26-27H,8-11H2,1-3H3. The van der Waals surface area contributed by atoms with Gasteiger partial charge in [0.25, 0.3) is 11.8 Å². The van der Waals surface area contributed by atoms with Crippen LogP contribution in [0, 0.1) is 0 Å². The van der Waals surface area contributed by atoms with Crippen molar-refractivity contribution in [2.24, 2.45) is 0 Å². The minimum Gasteiger partial charge on any atom is -0.508 e. The van der Waals surface area contributed by atoms with Gasteiger partial charge in [0, 0.05) is 37.8 Å². The highest BCUT2D eigenvalue weighted by Crippen LogP contribution is 2.27. The Labute approximate surface area is 176 Å². The molecule has 160 valence electrons. The van der Waals surface area contributed by atoms with Crippen LogP contribution in [0.15, 0.2) is 42.5 Å². The third-order valence-corrected chi connectivity index (χ3v) is 5.22. The molecule has 0 radical (unpaired) electrons. The lowest BCUT2D eigenvalue weighted by Crippen LogP contribution is -2.53. The van der Waals surface area contributed by atoms with Crippen molar-refractivity contribution in [3.05, 3.63) is 53.6 Å². The van der Waals surface area contributed by atoms with Crippen molar-refractivity contribution in [1.82, 2.24) is 9.80 Å². The molecule has 30 heavy (non-hydrogen) atoms. The quantitative estimate of drug-likeness (QED) is 0.788. The molecule has 2 aromatic carbocycles. The molecule has 2 amide bonds. The first-order chi connectivity index (χ1) is 14.3. The molecule has 1 aliphatic heterocycles. The van der Waals surface area contributed by atoms with E-state index in [9.17, 15) is 19.8 Å². The first kappa shape index (κ1) is 21.5. The summed E-state index contributed by atoms with van der Waals surface area (Å²) in [6.07, 6.45) is -0.629. The Morgan fingerprint density at radius 3 is 2.07 bits per heavy atom. The fourth-order valence-electron chi connectivity index (χ4n) is 3.59. The van der Waals surface area contributed by atoms with Crippen molar-refractivity contribution in [2.75, 3.05) is 26.2 Å². The van der Waals surface area contributed by atoms with E-state index >= 15 is 0 Å². The first-order valence-electron chi connectivity index (χ1n) is 10.1. The molecule has 0 aliphatic carbocycles. The zero-order valence-electron chi connectivity index (χ0n) is 17.5. The maximum atomic E-state index is 12.9. The van der Waals surface area contributed by atoms with Gasteiger partial charge in [-0.15, -0.1) is 0 Å². The van der Waals surface area contributed by atoms with Crippen LogP contribution in [0.25, 0.3) is 0 Å². The van der Waals surface area contributed by atoms with Gasteiger partial charge in [0.1, 0.15) is 17.2 Å². The summed E-state index contributed by atoms with van der Waals surface area (Å²) in [6.45, 7) is 7.44. The van der Waals surface area contributed by atoms with Gasteiger partial charge in [-0.1, -0.05) is 32.0 Å². The van der Waals surface area contributed by atoms with Gasteiger partial charge in [0.05, 0.1) is 0 Å². The number of ether oxygens (including phenoxy) is 1. The number of hydrogen-bond donors (Lipinski definition) is 2. The van der Waals surface area contributed by atoms with Gasteiger partial charge in [-0.25, -0.2) is 0 Å². The molecule has 1 heterocycles. The lowest BCUT2D eigenvalue weighted by atomic mass is 10.0. The minimum atomic E-state index is -0.629. The maximum Gasteiger partial charge on any atom is 0.263 e. The van der Waals surface area contributed by atoms with E-state index in [1.54, 1.807) is 16.7 Å². The van der Waals surface area contributed by atoms with E-state index in [-0.39, 0.29) is 34.8 Å². The maximum absolute atomic E-state index is 12.9. The molecule has 1 unspecified atom stereocenters. The largest absolute Gasteiger partial charge is 0.508 e. The van der Waals surface area contributed by atoms with Crippen LogP contribution in [-0.2, 0) is 4.79 Å². The van der Waals surface area contributed by atoms with Crippen molar-refractivity contribution in [1.29, 1.82) is 0 Å². The predicted octanol–water partition coefficient (Wildman–Crippen LogP) is 2.97.